The molecule has 1 aliphatic heterocycles. The van der Waals surface area contributed by atoms with Crippen molar-refractivity contribution < 1.29 is 32.7 Å². The molecule has 0 unspecified atom stereocenters. The van der Waals surface area contributed by atoms with Crippen molar-refractivity contribution in [2.45, 2.75) is 40.7 Å². The number of aliphatic imine (C=N–C) groups is 1. The third-order valence-corrected chi connectivity index (χ3v) is 1.96. The van der Waals surface area contributed by atoms with E-state index < -0.39 is 0 Å². The van der Waals surface area contributed by atoms with E-state index in [1.807, 2.05) is 13.3 Å². The van der Waals surface area contributed by atoms with E-state index in [2.05, 4.69) is 43.7 Å². The topological polar surface area (TPSA) is 15.6 Å². The molecule has 0 aromatic rings. The van der Waals surface area contributed by atoms with Crippen LogP contribution in [0.15, 0.2) is 22.0 Å². The zero-order chi connectivity index (χ0) is 10.0. The van der Waals surface area contributed by atoms with Gasteiger partial charge in [0, 0.05) is 38.8 Å². The van der Waals surface area contributed by atoms with E-state index in [0.29, 0.717) is 6.04 Å². The largest absolute Gasteiger partial charge is 0.365 e. The van der Waals surface area contributed by atoms with Crippen LogP contribution in [0.4, 0.5) is 0 Å². The maximum Gasteiger partial charge on any atom is 0.0908 e. The molecule has 0 aromatic carbocycles. The van der Waals surface area contributed by atoms with Gasteiger partial charge in [0.25, 0.3) is 0 Å². The molecule has 0 aromatic heterocycles. The van der Waals surface area contributed by atoms with Crippen LogP contribution in [-0.4, -0.2) is 17.3 Å². The zero-order valence-electron chi connectivity index (χ0n) is 9.63. The Morgan fingerprint density at radius 1 is 1.43 bits per heavy atom. The van der Waals surface area contributed by atoms with Crippen molar-refractivity contribution in [2.24, 2.45) is 4.99 Å². The van der Waals surface area contributed by atoms with Gasteiger partial charge in [-0.3, -0.25) is 4.99 Å². The average molecular weight is 266 g/mol. The van der Waals surface area contributed by atoms with Crippen molar-refractivity contribution in [1.29, 1.82) is 0 Å². The molecule has 0 aliphatic carbocycles. The number of nitrogens with zero attached hydrogens (tertiary/aromatic N) is 2. The fourth-order valence-electron chi connectivity index (χ4n) is 1.25. The van der Waals surface area contributed by atoms with Crippen molar-refractivity contribution >= 4 is 6.34 Å². The van der Waals surface area contributed by atoms with Gasteiger partial charge < -0.3 is 4.90 Å². The molecule has 0 saturated heterocycles. The van der Waals surface area contributed by atoms with Crippen LogP contribution < -0.4 is 0 Å². The molecule has 0 fully saturated rings. The third-order valence-electron chi connectivity index (χ3n) is 1.96. The van der Waals surface area contributed by atoms with Crippen LogP contribution >= 0.6 is 0 Å². The second kappa shape index (κ2) is 5.82. The first-order valence-electron chi connectivity index (χ1n) is 4.63. The Bertz CT molecular complexity index is 284. The summed E-state index contributed by atoms with van der Waals surface area (Å²) in [5, 5.41) is 0. The molecule has 0 N–H and O–H groups in total. The minimum Gasteiger partial charge on any atom is -0.365 e. The molecule has 1 aliphatic rings. The maximum absolute atomic E-state index is 4.24. The van der Waals surface area contributed by atoms with E-state index in [1.54, 1.807) is 0 Å². The second-order valence-electron chi connectivity index (χ2n) is 3.80. The van der Waals surface area contributed by atoms with E-state index in [4.69, 9.17) is 0 Å². The quantitative estimate of drug-likeness (QED) is 0.666. The van der Waals surface area contributed by atoms with Crippen LogP contribution in [-0.2, 0) is 32.7 Å². The summed E-state index contributed by atoms with van der Waals surface area (Å²) in [6.45, 7) is 10.5. The van der Waals surface area contributed by atoms with Gasteiger partial charge in [-0.25, -0.2) is 6.08 Å². The molecule has 1 heterocycles. The normalized spacial score (nSPS) is 15.4. The van der Waals surface area contributed by atoms with Crippen LogP contribution in [0.2, 0.25) is 0 Å². The Balaban J connectivity index is 0.00000169. The third kappa shape index (κ3) is 3.32. The van der Waals surface area contributed by atoms with Gasteiger partial charge in [0.05, 0.1) is 6.34 Å². The number of hydrogen-bond acceptors (Lipinski definition) is 2. The minimum atomic E-state index is 0. The summed E-state index contributed by atoms with van der Waals surface area (Å²) in [7, 11) is 0. The van der Waals surface area contributed by atoms with Crippen LogP contribution in [0.5, 0.6) is 0 Å². The fourth-order valence-corrected chi connectivity index (χ4v) is 1.25. The van der Waals surface area contributed by atoms with Crippen molar-refractivity contribution in [3.05, 3.63) is 23.0 Å². The summed E-state index contributed by atoms with van der Waals surface area (Å²) in [4.78, 5) is 6.38. The van der Waals surface area contributed by atoms with Gasteiger partial charge in [0.2, 0.25) is 0 Å². The van der Waals surface area contributed by atoms with E-state index in [-0.39, 0.29) is 32.7 Å². The smallest absolute Gasteiger partial charge is 0.0908 e. The Kier molecular flexibility index (Phi) is 5.84. The van der Waals surface area contributed by atoms with Gasteiger partial charge >= 0.3 is 0 Å². The molecule has 0 spiro atoms. The van der Waals surface area contributed by atoms with Crippen molar-refractivity contribution in [3.63, 3.8) is 0 Å². The van der Waals surface area contributed by atoms with Crippen LogP contribution in [0.1, 0.15) is 34.6 Å². The average Bonchev–Trinajstić information content (AvgIpc) is 2.03. The number of allylic oxidation sites excluding steroid dienone is 3. The van der Waals surface area contributed by atoms with E-state index >= 15 is 0 Å². The van der Waals surface area contributed by atoms with E-state index in [9.17, 15) is 0 Å². The van der Waals surface area contributed by atoms with Crippen molar-refractivity contribution in [2.75, 3.05) is 0 Å². The monoisotopic (exact) mass is 266 g/mol. The summed E-state index contributed by atoms with van der Waals surface area (Å²) in [5.41, 5.74) is 3.38. The standard InChI is InChI=1S/C11H17N2.Y/c1-8(2)11-6-10(5)12-7-13(11)9(3)4;/h7,9H,1-5H3;/q-1;. The predicted molar refractivity (Wildman–Crippen MR) is 56.3 cm³/mol. The summed E-state index contributed by atoms with van der Waals surface area (Å²) in [6, 6.07) is 0.439. The molecule has 1 rings (SSSR count). The van der Waals surface area contributed by atoms with E-state index in [1.165, 1.54) is 5.57 Å². The first-order valence-corrected chi connectivity index (χ1v) is 4.63. The molecule has 1 radical (unpaired) electrons. The molecule has 0 atom stereocenters. The van der Waals surface area contributed by atoms with Gasteiger partial charge in [-0.15, -0.1) is 19.5 Å². The first kappa shape index (κ1) is 14.1. The molecule has 0 amide bonds. The fraction of sp³-hybridized carbons (Fsp3) is 0.545. The molecule has 14 heavy (non-hydrogen) atoms. The number of hydrogen-bond donors (Lipinski definition) is 0. The Morgan fingerprint density at radius 3 is 2.43 bits per heavy atom. The zero-order valence-corrected chi connectivity index (χ0v) is 12.5. The summed E-state index contributed by atoms with van der Waals surface area (Å²) in [6.07, 6.45) is 5.16. The van der Waals surface area contributed by atoms with Gasteiger partial charge in [-0.2, -0.15) is 5.57 Å². The maximum atomic E-state index is 4.24. The van der Waals surface area contributed by atoms with Gasteiger partial charge in [-0.1, -0.05) is 0 Å². The summed E-state index contributed by atoms with van der Waals surface area (Å²) in [5.74, 6) is 0. The van der Waals surface area contributed by atoms with Crippen molar-refractivity contribution in [1.82, 2.24) is 4.90 Å². The molecule has 2 nitrogen and oxygen atoms in total. The Hall–Kier alpha value is 0.0539. The SMILES string of the molecule is CC1=[C-]C(=C(C)C)N(C(C)C)C=N1.[Y]. The molecule has 75 valence electrons. The van der Waals surface area contributed by atoms with Crippen molar-refractivity contribution in [3.8, 4) is 0 Å². The van der Waals surface area contributed by atoms with Crippen LogP contribution in [0, 0.1) is 6.08 Å². The van der Waals surface area contributed by atoms with E-state index in [0.717, 1.165) is 11.4 Å². The predicted octanol–water partition coefficient (Wildman–Crippen LogP) is 2.74. The molecular weight excluding hydrogens is 249 g/mol. The van der Waals surface area contributed by atoms with Crippen LogP contribution in [0.25, 0.3) is 0 Å². The molecule has 3 heteroatoms. The minimum absolute atomic E-state index is 0. The summed E-state index contributed by atoms with van der Waals surface area (Å²) >= 11 is 0. The van der Waals surface area contributed by atoms with Crippen LogP contribution in [0.3, 0.4) is 0 Å². The molecular formula is C11H17N2Y-. The Labute approximate surface area is 112 Å². The molecule has 0 saturated carbocycles. The molecule has 0 bridgehead atoms. The van der Waals surface area contributed by atoms with Gasteiger partial charge in [0.15, 0.2) is 0 Å². The van der Waals surface area contributed by atoms with Gasteiger partial charge in [-0.05, 0) is 26.5 Å². The first-order chi connectivity index (χ1) is 6.02. The van der Waals surface area contributed by atoms with Gasteiger partial charge in [0.1, 0.15) is 0 Å². The number of rotatable bonds is 1. The Morgan fingerprint density at radius 2 is 2.00 bits per heavy atom. The second-order valence-corrected chi connectivity index (χ2v) is 3.80. The summed E-state index contributed by atoms with van der Waals surface area (Å²) < 4.78 is 0.